The van der Waals surface area contributed by atoms with Gasteiger partial charge in [0.1, 0.15) is 6.04 Å². The van der Waals surface area contributed by atoms with Crippen LogP contribution < -0.4 is 11.5 Å². The van der Waals surface area contributed by atoms with E-state index in [0.29, 0.717) is 5.69 Å². The van der Waals surface area contributed by atoms with Crippen LogP contribution in [0.4, 0.5) is 5.69 Å². The third kappa shape index (κ3) is 3.58. The van der Waals surface area contributed by atoms with Gasteiger partial charge in [-0.1, -0.05) is 44.2 Å². The maximum atomic E-state index is 10.9. The van der Waals surface area contributed by atoms with Gasteiger partial charge in [-0.2, -0.15) is 0 Å². The van der Waals surface area contributed by atoms with Crippen LogP contribution in [-0.4, -0.2) is 22.1 Å². The molecule has 5 nitrogen and oxygen atoms in total. The molecule has 2 aromatic carbocycles. The zero-order valence-electron chi connectivity index (χ0n) is 13.9. The molecular formula is C19H23N3O2. The highest BCUT2D eigenvalue weighted by Crippen LogP contribution is 2.31. The molecule has 0 amide bonds. The summed E-state index contributed by atoms with van der Waals surface area (Å²) < 4.78 is 0. The fourth-order valence-electron chi connectivity index (χ4n) is 2.66. The molecule has 24 heavy (non-hydrogen) atoms. The van der Waals surface area contributed by atoms with E-state index < -0.39 is 12.0 Å². The third-order valence-electron chi connectivity index (χ3n) is 3.76. The minimum Gasteiger partial charge on any atom is -0.480 e. The number of aliphatic carboxylic acids is 1. The van der Waals surface area contributed by atoms with Crippen molar-refractivity contribution in [2.75, 3.05) is 5.73 Å². The fourth-order valence-corrected chi connectivity index (χ4v) is 2.66. The normalized spacial score (nSPS) is 11.6. The number of carboxylic acids is 1. The quantitative estimate of drug-likeness (QED) is 0.552. The van der Waals surface area contributed by atoms with E-state index in [1.807, 2.05) is 56.3 Å². The Hall–Kier alpha value is -2.79. The Bertz CT molecular complexity index is 825. The van der Waals surface area contributed by atoms with Gasteiger partial charge in [-0.15, -0.1) is 0 Å². The number of rotatable bonds is 4. The van der Waals surface area contributed by atoms with Crippen molar-refractivity contribution in [1.82, 2.24) is 4.98 Å². The van der Waals surface area contributed by atoms with E-state index in [4.69, 9.17) is 16.6 Å². The average molecular weight is 325 g/mol. The Morgan fingerprint density at radius 1 is 1.17 bits per heavy atom. The molecule has 1 aromatic heterocycles. The second-order valence-corrected chi connectivity index (χ2v) is 5.32. The standard InChI is InChI=1S/C17H17N3O2.C2H6/c18-13-6-11(10-4-2-1-3-5-10)8-15-16(13)12(9-20-15)7-14(19)17(21)22;1-2/h1-6,8-9,14,20H,7,18-19H2,(H,21,22);1-2H3. The van der Waals surface area contributed by atoms with Crippen molar-refractivity contribution in [2.45, 2.75) is 26.3 Å². The van der Waals surface area contributed by atoms with Gasteiger partial charge in [0.15, 0.2) is 0 Å². The van der Waals surface area contributed by atoms with E-state index in [0.717, 1.165) is 27.6 Å². The Morgan fingerprint density at radius 3 is 2.46 bits per heavy atom. The van der Waals surface area contributed by atoms with E-state index >= 15 is 0 Å². The van der Waals surface area contributed by atoms with Crippen LogP contribution in [0.1, 0.15) is 19.4 Å². The zero-order valence-corrected chi connectivity index (χ0v) is 13.9. The highest BCUT2D eigenvalue weighted by Gasteiger charge is 2.16. The van der Waals surface area contributed by atoms with Crippen LogP contribution in [0.3, 0.4) is 0 Å². The molecule has 3 aromatic rings. The van der Waals surface area contributed by atoms with Crippen molar-refractivity contribution in [3.05, 3.63) is 54.2 Å². The van der Waals surface area contributed by atoms with E-state index in [2.05, 4.69) is 4.98 Å². The Balaban J connectivity index is 0.00000100. The molecule has 1 heterocycles. The molecule has 6 N–H and O–H groups in total. The van der Waals surface area contributed by atoms with Gasteiger partial charge in [0.2, 0.25) is 0 Å². The zero-order chi connectivity index (χ0) is 17.7. The van der Waals surface area contributed by atoms with Gasteiger partial charge in [-0.3, -0.25) is 4.79 Å². The topological polar surface area (TPSA) is 105 Å². The van der Waals surface area contributed by atoms with Gasteiger partial charge in [-0.05, 0) is 28.8 Å². The van der Waals surface area contributed by atoms with E-state index in [1.54, 1.807) is 6.20 Å². The van der Waals surface area contributed by atoms with Gasteiger partial charge in [0.05, 0.1) is 0 Å². The number of hydrogen-bond acceptors (Lipinski definition) is 3. The second-order valence-electron chi connectivity index (χ2n) is 5.32. The van der Waals surface area contributed by atoms with Gasteiger partial charge < -0.3 is 21.6 Å². The van der Waals surface area contributed by atoms with Crippen LogP contribution in [0.5, 0.6) is 0 Å². The first-order chi connectivity index (χ1) is 11.6. The van der Waals surface area contributed by atoms with Crippen molar-refractivity contribution in [3.8, 4) is 11.1 Å². The van der Waals surface area contributed by atoms with Crippen molar-refractivity contribution < 1.29 is 9.90 Å². The number of nitrogens with two attached hydrogens (primary N) is 2. The first-order valence-electron chi connectivity index (χ1n) is 7.99. The molecule has 0 radical (unpaired) electrons. The molecule has 0 aliphatic carbocycles. The lowest BCUT2D eigenvalue weighted by Crippen LogP contribution is -2.32. The SMILES string of the molecule is CC.Nc1cc(-c2ccccc2)cc2[nH]cc(CC(N)C(=O)O)c12. The lowest BCUT2D eigenvalue weighted by atomic mass is 9.99. The number of hydrogen-bond donors (Lipinski definition) is 4. The summed E-state index contributed by atoms with van der Waals surface area (Å²) in [6.07, 6.45) is 2.02. The Kier molecular flexibility index (Phi) is 5.60. The highest BCUT2D eigenvalue weighted by molar-refractivity contribution is 5.98. The van der Waals surface area contributed by atoms with E-state index in [-0.39, 0.29) is 6.42 Å². The summed E-state index contributed by atoms with van der Waals surface area (Å²) in [5.74, 6) is -1.02. The maximum Gasteiger partial charge on any atom is 0.320 e. The van der Waals surface area contributed by atoms with Crippen molar-refractivity contribution in [1.29, 1.82) is 0 Å². The number of anilines is 1. The predicted molar refractivity (Wildman–Crippen MR) is 98.8 cm³/mol. The summed E-state index contributed by atoms with van der Waals surface area (Å²) in [6, 6.07) is 12.9. The summed E-state index contributed by atoms with van der Waals surface area (Å²) in [5, 5.41) is 9.79. The molecule has 3 rings (SSSR count). The lowest BCUT2D eigenvalue weighted by Gasteiger charge is -2.08. The lowest BCUT2D eigenvalue weighted by molar-refractivity contribution is -0.138. The molecule has 0 aliphatic rings. The molecule has 0 bridgehead atoms. The number of nitrogens with one attached hydrogen (secondary N) is 1. The van der Waals surface area contributed by atoms with Crippen LogP contribution >= 0.6 is 0 Å². The Morgan fingerprint density at radius 2 is 1.83 bits per heavy atom. The number of benzene rings is 2. The molecule has 1 unspecified atom stereocenters. The smallest absolute Gasteiger partial charge is 0.320 e. The Labute approximate surface area is 141 Å². The summed E-state index contributed by atoms with van der Waals surface area (Å²) in [5.41, 5.74) is 16.2. The number of H-pyrrole nitrogens is 1. The number of carboxylic acid groups (broad SMARTS) is 1. The largest absolute Gasteiger partial charge is 0.480 e. The van der Waals surface area contributed by atoms with Crippen molar-refractivity contribution >= 4 is 22.6 Å². The number of aromatic amines is 1. The second kappa shape index (κ2) is 7.66. The molecule has 5 heteroatoms. The first-order valence-corrected chi connectivity index (χ1v) is 7.99. The van der Waals surface area contributed by atoms with Crippen LogP contribution in [0.15, 0.2) is 48.7 Å². The predicted octanol–water partition coefficient (Wildman–Crippen LogP) is 3.40. The number of carbonyl (C=O) groups is 1. The van der Waals surface area contributed by atoms with Gasteiger partial charge in [0.25, 0.3) is 0 Å². The molecule has 0 fully saturated rings. The van der Waals surface area contributed by atoms with Crippen LogP contribution in [0.2, 0.25) is 0 Å². The van der Waals surface area contributed by atoms with Crippen LogP contribution in [-0.2, 0) is 11.2 Å². The van der Waals surface area contributed by atoms with Gasteiger partial charge in [-0.25, -0.2) is 0 Å². The average Bonchev–Trinajstić information content (AvgIpc) is 3.00. The van der Waals surface area contributed by atoms with Crippen LogP contribution in [0.25, 0.3) is 22.0 Å². The minimum atomic E-state index is -1.02. The number of aromatic nitrogens is 1. The summed E-state index contributed by atoms with van der Waals surface area (Å²) in [6.45, 7) is 4.00. The molecule has 126 valence electrons. The summed E-state index contributed by atoms with van der Waals surface area (Å²) >= 11 is 0. The first kappa shape index (κ1) is 17.6. The maximum absolute atomic E-state index is 10.9. The van der Waals surface area contributed by atoms with Crippen molar-refractivity contribution in [3.63, 3.8) is 0 Å². The van der Waals surface area contributed by atoms with Crippen LogP contribution in [0, 0.1) is 0 Å². The van der Waals surface area contributed by atoms with Gasteiger partial charge >= 0.3 is 5.97 Å². The molecule has 0 saturated carbocycles. The van der Waals surface area contributed by atoms with E-state index in [1.165, 1.54) is 0 Å². The number of fused-ring (bicyclic) bond motifs is 1. The molecular weight excluding hydrogens is 302 g/mol. The summed E-state index contributed by atoms with van der Waals surface area (Å²) in [7, 11) is 0. The minimum absolute atomic E-state index is 0.240. The molecule has 1 atom stereocenters. The fraction of sp³-hybridized carbons (Fsp3) is 0.211. The summed E-state index contributed by atoms with van der Waals surface area (Å²) in [4.78, 5) is 14.1. The monoisotopic (exact) mass is 325 g/mol. The molecule has 0 spiro atoms. The van der Waals surface area contributed by atoms with Gasteiger partial charge in [0, 0.05) is 29.2 Å². The molecule has 0 aliphatic heterocycles. The number of nitrogen functional groups attached to an aromatic ring is 1. The molecule has 0 saturated heterocycles. The van der Waals surface area contributed by atoms with E-state index in [9.17, 15) is 4.79 Å². The highest BCUT2D eigenvalue weighted by atomic mass is 16.4. The third-order valence-corrected chi connectivity index (χ3v) is 3.76. The van der Waals surface area contributed by atoms with Crippen molar-refractivity contribution in [2.24, 2.45) is 5.73 Å².